The van der Waals surface area contributed by atoms with Crippen LogP contribution < -0.4 is 10.4 Å². The van der Waals surface area contributed by atoms with Gasteiger partial charge in [0.15, 0.2) is 0 Å². The van der Waals surface area contributed by atoms with Crippen molar-refractivity contribution in [2.75, 3.05) is 31.6 Å². The number of rotatable bonds is 2. The van der Waals surface area contributed by atoms with Gasteiger partial charge in [-0.3, -0.25) is 0 Å². The Kier molecular flexibility index (Phi) is 4.24. The molecule has 0 aromatic heterocycles. The van der Waals surface area contributed by atoms with Crippen molar-refractivity contribution in [1.82, 2.24) is 4.90 Å². The maximum Gasteiger partial charge on any atom is 0.494 e. The molecule has 1 atom stereocenters. The monoisotopic (exact) mass is 316 g/mol. The molecule has 4 nitrogen and oxygen atoms in total. The minimum Gasteiger partial charge on any atom is -0.399 e. The first-order valence-electron chi connectivity index (χ1n) is 8.60. The molecule has 0 amide bonds. The first-order chi connectivity index (χ1) is 10.7. The fourth-order valence-corrected chi connectivity index (χ4v) is 3.33. The lowest BCUT2D eigenvalue weighted by Crippen LogP contribution is -2.50. The summed E-state index contributed by atoms with van der Waals surface area (Å²) in [5.41, 5.74) is 1.80. The summed E-state index contributed by atoms with van der Waals surface area (Å²) < 4.78 is 12.3. The molecule has 1 aromatic carbocycles. The van der Waals surface area contributed by atoms with E-state index in [9.17, 15) is 0 Å². The molecule has 0 bridgehead atoms. The van der Waals surface area contributed by atoms with E-state index in [0.717, 1.165) is 25.1 Å². The van der Waals surface area contributed by atoms with Gasteiger partial charge in [-0.25, -0.2) is 0 Å². The van der Waals surface area contributed by atoms with Gasteiger partial charge in [-0.2, -0.15) is 0 Å². The Hall–Kier alpha value is -1.04. The largest absolute Gasteiger partial charge is 0.494 e. The van der Waals surface area contributed by atoms with E-state index in [0.29, 0.717) is 6.04 Å². The first kappa shape index (κ1) is 16.8. The summed E-state index contributed by atoms with van der Waals surface area (Å²) in [6.07, 6.45) is 0. The molecule has 0 N–H and O–H groups in total. The summed E-state index contributed by atoms with van der Waals surface area (Å²) in [6, 6.07) is 9.21. The lowest BCUT2D eigenvalue weighted by Gasteiger charge is -2.39. The third-order valence-electron chi connectivity index (χ3n) is 5.58. The number of hydrogen-bond acceptors (Lipinski definition) is 4. The van der Waals surface area contributed by atoms with Crippen molar-refractivity contribution < 1.29 is 9.31 Å². The Morgan fingerprint density at radius 1 is 1.00 bits per heavy atom. The van der Waals surface area contributed by atoms with Crippen molar-refractivity contribution in [3.63, 3.8) is 0 Å². The second-order valence-electron chi connectivity index (χ2n) is 7.98. The summed E-state index contributed by atoms with van der Waals surface area (Å²) in [5.74, 6) is 0. The fourth-order valence-electron chi connectivity index (χ4n) is 3.33. The van der Waals surface area contributed by atoms with Crippen LogP contribution in [-0.4, -0.2) is 55.9 Å². The number of likely N-dealkylation sites (N-methyl/N-ethyl adjacent to an activating group) is 1. The predicted molar refractivity (Wildman–Crippen MR) is 96.5 cm³/mol. The minimum absolute atomic E-state index is 0.279. The molecular weight excluding hydrogens is 287 g/mol. The summed E-state index contributed by atoms with van der Waals surface area (Å²) in [5, 5.41) is 0. The van der Waals surface area contributed by atoms with Gasteiger partial charge in [0.25, 0.3) is 0 Å². The highest BCUT2D eigenvalue weighted by Gasteiger charge is 2.51. The molecule has 0 radical (unpaired) electrons. The van der Waals surface area contributed by atoms with E-state index in [-0.39, 0.29) is 18.3 Å². The molecule has 3 rings (SSSR count). The maximum absolute atomic E-state index is 6.13. The van der Waals surface area contributed by atoms with Crippen LogP contribution in [0.2, 0.25) is 0 Å². The third-order valence-corrected chi connectivity index (χ3v) is 5.58. The van der Waals surface area contributed by atoms with Crippen LogP contribution in [0.15, 0.2) is 24.3 Å². The molecule has 1 unspecified atom stereocenters. The van der Waals surface area contributed by atoms with E-state index in [1.165, 1.54) is 5.69 Å². The van der Waals surface area contributed by atoms with Crippen molar-refractivity contribution >= 4 is 18.3 Å². The van der Waals surface area contributed by atoms with Crippen LogP contribution in [0.3, 0.4) is 0 Å². The Morgan fingerprint density at radius 2 is 1.57 bits per heavy atom. The molecule has 5 heteroatoms. The number of benzene rings is 1. The highest BCUT2D eigenvalue weighted by atomic mass is 16.7. The minimum atomic E-state index is -0.289. The average Bonchev–Trinajstić information content (AvgIpc) is 2.68. The Bertz CT molecular complexity index is 543. The number of hydrogen-bond donors (Lipinski definition) is 0. The molecule has 126 valence electrons. The quantitative estimate of drug-likeness (QED) is 0.781. The van der Waals surface area contributed by atoms with Gasteiger partial charge < -0.3 is 19.1 Å². The molecule has 2 fully saturated rings. The zero-order valence-corrected chi connectivity index (χ0v) is 15.3. The first-order valence-corrected chi connectivity index (χ1v) is 8.60. The highest BCUT2D eigenvalue weighted by Crippen LogP contribution is 2.36. The average molecular weight is 316 g/mol. The van der Waals surface area contributed by atoms with E-state index in [1.807, 2.05) is 0 Å². The number of piperazine rings is 1. The molecule has 1 aromatic rings. The lowest BCUT2D eigenvalue weighted by atomic mass is 9.79. The zero-order valence-electron chi connectivity index (χ0n) is 15.3. The van der Waals surface area contributed by atoms with Gasteiger partial charge in [-0.1, -0.05) is 12.1 Å². The molecule has 2 aliphatic rings. The van der Waals surface area contributed by atoms with Crippen LogP contribution in [0.4, 0.5) is 5.69 Å². The Balaban J connectivity index is 1.73. The van der Waals surface area contributed by atoms with Gasteiger partial charge >= 0.3 is 7.12 Å². The molecule has 23 heavy (non-hydrogen) atoms. The summed E-state index contributed by atoms with van der Waals surface area (Å²) in [4.78, 5) is 4.87. The van der Waals surface area contributed by atoms with Gasteiger partial charge in [0, 0.05) is 31.4 Å². The molecular formula is C18H29BN2O2. The van der Waals surface area contributed by atoms with E-state index in [1.54, 1.807) is 0 Å². The van der Waals surface area contributed by atoms with Crippen molar-refractivity contribution in [2.24, 2.45) is 0 Å². The molecule has 0 aliphatic carbocycles. The van der Waals surface area contributed by atoms with Crippen molar-refractivity contribution in [3.8, 4) is 0 Å². The Morgan fingerprint density at radius 3 is 2.09 bits per heavy atom. The SMILES string of the molecule is CC1CN(C)CCN1c1ccc(B2OC(C)(C)C(C)(C)O2)cc1. The summed E-state index contributed by atoms with van der Waals surface area (Å²) in [7, 11) is 1.91. The van der Waals surface area contributed by atoms with Crippen LogP contribution in [-0.2, 0) is 9.31 Å². The van der Waals surface area contributed by atoms with E-state index in [2.05, 4.69) is 75.7 Å². The highest BCUT2D eigenvalue weighted by molar-refractivity contribution is 6.62. The van der Waals surface area contributed by atoms with E-state index < -0.39 is 0 Å². The van der Waals surface area contributed by atoms with Crippen molar-refractivity contribution in [2.45, 2.75) is 51.9 Å². The summed E-state index contributed by atoms with van der Waals surface area (Å²) >= 11 is 0. The van der Waals surface area contributed by atoms with Crippen LogP contribution in [0.1, 0.15) is 34.6 Å². The van der Waals surface area contributed by atoms with Gasteiger partial charge in [0.1, 0.15) is 0 Å². The fraction of sp³-hybridized carbons (Fsp3) is 0.667. The van der Waals surface area contributed by atoms with Gasteiger partial charge in [-0.15, -0.1) is 0 Å². The number of anilines is 1. The third kappa shape index (κ3) is 3.15. The lowest BCUT2D eigenvalue weighted by molar-refractivity contribution is 0.00578. The molecule has 2 aliphatic heterocycles. The smallest absolute Gasteiger partial charge is 0.399 e. The molecule has 0 saturated carbocycles. The molecule has 0 spiro atoms. The van der Waals surface area contributed by atoms with Gasteiger partial charge in [-0.05, 0) is 59.3 Å². The Labute approximate surface area is 140 Å². The van der Waals surface area contributed by atoms with E-state index in [4.69, 9.17) is 9.31 Å². The van der Waals surface area contributed by atoms with Gasteiger partial charge in [0.05, 0.1) is 11.2 Å². The number of nitrogens with zero attached hydrogens (tertiary/aromatic N) is 2. The predicted octanol–water partition coefficient (Wildman–Crippen LogP) is 2.13. The second-order valence-corrected chi connectivity index (χ2v) is 7.98. The molecule has 2 saturated heterocycles. The maximum atomic E-state index is 6.13. The molecule has 2 heterocycles. The van der Waals surface area contributed by atoms with Crippen LogP contribution >= 0.6 is 0 Å². The van der Waals surface area contributed by atoms with E-state index >= 15 is 0 Å². The standard InChI is InChI=1S/C18H29BN2O2/c1-14-13-20(6)11-12-21(14)16-9-7-15(8-10-16)19-22-17(2,3)18(4,5)23-19/h7-10,14H,11-13H2,1-6H3. The normalized spacial score (nSPS) is 27.5. The van der Waals surface area contributed by atoms with Crippen LogP contribution in [0.25, 0.3) is 0 Å². The van der Waals surface area contributed by atoms with Crippen molar-refractivity contribution in [3.05, 3.63) is 24.3 Å². The zero-order chi connectivity index (χ0) is 16.8. The second kappa shape index (κ2) is 5.80. The van der Waals surface area contributed by atoms with Crippen LogP contribution in [0.5, 0.6) is 0 Å². The van der Waals surface area contributed by atoms with Gasteiger partial charge in [0.2, 0.25) is 0 Å². The summed E-state index contributed by atoms with van der Waals surface area (Å²) in [6.45, 7) is 14.0. The topological polar surface area (TPSA) is 24.9 Å². The van der Waals surface area contributed by atoms with Crippen LogP contribution in [0, 0.1) is 0 Å². The van der Waals surface area contributed by atoms with Crippen molar-refractivity contribution in [1.29, 1.82) is 0 Å².